The first-order valence-corrected chi connectivity index (χ1v) is 8.36. The van der Waals surface area contributed by atoms with Crippen LogP contribution in [0.4, 0.5) is 11.4 Å². The van der Waals surface area contributed by atoms with Gasteiger partial charge in [0.05, 0.1) is 12.1 Å². The summed E-state index contributed by atoms with van der Waals surface area (Å²) in [5.74, 6) is -0.107. The van der Waals surface area contributed by atoms with E-state index in [4.69, 9.17) is 0 Å². The molecule has 130 valence electrons. The van der Waals surface area contributed by atoms with E-state index in [1.54, 1.807) is 6.07 Å². The number of carbonyl (C=O) groups is 1. The van der Waals surface area contributed by atoms with Gasteiger partial charge in [0.25, 0.3) is 0 Å². The van der Waals surface area contributed by atoms with Crippen LogP contribution in [0.1, 0.15) is 16.8 Å². The molecule has 0 fully saturated rings. The number of para-hydroxylation sites is 2. The molecule has 0 saturated carbocycles. The van der Waals surface area contributed by atoms with E-state index in [2.05, 4.69) is 16.4 Å². The molecular formula is C21H20N4O. The SMILES string of the molecule is Cc1cccc(C)c1NC(=O)CN(C)c1cc(C#N)nc2ccccc12. The Morgan fingerprint density at radius 2 is 1.85 bits per heavy atom. The van der Waals surface area contributed by atoms with Crippen molar-refractivity contribution in [3.63, 3.8) is 0 Å². The maximum atomic E-state index is 12.6. The third-order valence-electron chi connectivity index (χ3n) is 4.35. The number of nitrogens with zero attached hydrogens (tertiary/aromatic N) is 3. The predicted octanol–water partition coefficient (Wildman–Crippen LogP) is 3.80. The number of anilines is 2. The van der Waals surface area contributed by atoms with E-state index in [1.807, 2.05) is 68.3 Å². The van der Waals surface area contributed by atoms with Crippen LogP contribution in [0.2, 0.25) is 0 Å². The Balaban J connectivity index is 1.86. The number of benzene rings is 2. The quantitative estimate of drug-likeness (QED) is 0.781. The van der Waals surface area contributed by atoms with Gasteiger partial charge in [-0.3, -0.25) is 4.79 Å². The minimum Gasteiger partial charge on any atom is -0.365 e. The molecule has 0 unspecified atom stereocenters. The summed E-state index contributed by atoms with van der Waals surface area (Å²) >= 11 is 0. The summed E-state index contributed by atoms with van der Waals surface area (Å²) in [5.41, 5.74) is 4.79. The number of amides is 1. The third kappa shape index (κ3) is 3.50. The summed E-state index contributed by atoms with van der Waals surface area (Å²) in [7, 11) is 1.84. The van der Waals surface area contributed by atoms with Crippen LogP contribution in [-0.2, 0) is 4.79 Å². The van der Waals surface area contributed by atoms with Gasteiger partial charge in [0.15, 0.2) is 0 Å². The van der Waals surface area contributed by atoms with Crippen molar-refractivity contribution in [2.75, 3.05) is 23.8 Å². The lowest BCUT2D eigenvalue weighted by molar-refractivity contribution is -0.114. The van der Waals surface area contributed by atoms with E-state index >= 15 is 0 Å². The summed E-state index contributed by atoms with van der Waals surface area (Å²) < 4.78 is 0. The molecule has 1 amide bonds. The van der Waals surface area contributed by atoms with Crippen molar-refractivity contribution < 1.29 is 4.79 Å². The molecule has 3 aromatic rings. The van der Waals surface area contributed by atoms with Crippen LogP contribution in [-0.4, -0.2) is 24.5 Å². The van der Waals surface area contributed by atoms with E-state index < -0.39 is 0 Å². The maximum Gasteiger partial charge on any atom is 0.243 e. The normalized spacial score (nSPS) is 10.4. The van der Waals surface area contributed by atoms with Gasteiger partial charge in [0, 0.05) is 23.8 Å². The van der Waals surface area contributed by atoms with E-state index in [0.29, 0.717) is 5.69 Å². The first kappa shape index (κ1) is 17.4. The van der Waals surface area contributed by atoms with Gasteiger partial charge in [-0.05, 0) is 37.1 Å². The topological polar surface area (TPSA) is 69.0 Å². The van der Waals surface area contributed by atoms with E-state index in [9.17, 15) is 10.1 Å². The fraction of sp³-hybridized carbons (Fsp3) is 0.190. The first-order valence-electron chi connectivity index (χ1n) is 8.36. The second-order valence-corrected chi connectivity index (χ2v) is 6.33. The second kappa shape index (κ2) is 7.24. The van der Waals surface area contributed by atoms with Gasteiger partial charge in [-0.1, -0.05) is 36.4 Å². The molecule has 26 heavy (non-hydrogen) atoms. The van der Waals surface area contributed by atoms with Crippen LogP contribution in [0.3, 0.4) is 0 Å². The molecule has 0 radical (unpaired) electrons. The highest BCUT2D eigenvalue weighted by atomic mass is 16.2. The van der Waals surface area contributed by atoms with Crippen molar-refractivity contribution >= 4 is 28.2 Å². The average molecular weight is 344 g/mol. The number of nitrogens with one attached hydrogen (secondary N) is 1. The molecule has 1 aromatic heterocycles. The Morgan fingerprint density at radius 1 is 1.15 bits per heavy atom. The molecule has 0 aliphatic rings. The van der Waals surface area contributed by atoms with Crippen molar-refractivity contribution in [3.05, 3.63) is 65.4 Å². The maximum absolute atomic E-state index is 12.6. The minimum absolute atomic E-state index is 0.107. The fourth-order valence-electron chi connectivity index (χ4n) is 3.02. The van der Waals surface area contributed by atoms with Gasteiger partial charge in [0.1, 0.15) is 11.8 Å². The highest BCUT2D eigenvalue weighted by Gasteiger charge is 2.14. The van der Waals surface area contributed by atoms with E-state index in [-0.39, 0.29) is 12.5 Å². The molecule has 2 aromatic carbocycles. The molecule has 0 bridgehead atoms. The summed E-state index contributed by atoms with van der Waals surface area (Å²) in [6.07, 6.45) is 0. The molecule has 0 saturated heterocycles. The Bertz CT molecular complexity index is 1000. The van der Waals surface area contributed by atoms with Gasteiger partial charge >= 0.3 is 0 Å². The number of nitriles is 1. The van der Waals surface area contributed by atoms with Crippen molar-refractivity contribution in [2.24, 2.45) is 0 Å². The third-order valence-corrected chi connectivity index (χ3v) is 4.35. The number of hydrogen-bond acceptors (Lipinski definition) is 4. The summed E-state index contributed by atoms with van der Waals surface area (Å²) in [4.78, 5) is 18.7. The number of carbonyl (C=O) groups excluding carboxylic acids is 1. The van der Waals surface area contributed by atoms with Gasteiger partial charge in [-0.2, -0.15) is 5.26 Å². The minimum atomic E-state index is -0.107. The number of aryl methyl sites for hydroxylation is 2. The van der Waals surface area contributed by atoms with Crippen LogP contribution >= 0.6 is 0 Å². The predicted molar refractivity (Wildman–Crippen MR) is 104 cm³/mol. The Kier molecular flexibility index (Phi) is 4.85. The first-order chi connectivity index (χ1) is 12.5. The Labute approximate surface area is 152 Å². The number of fused-ring (bicyclic) bond motifs is 1. The molecule has 0 aliphatic heterocycles. The molecule has 1 N–H and O–H groups in total. The zero-order valence-electron chi connectivity index (χ0n) is 15.1. The zero-order valence-corrected chi connectivity index (χ0v) is 15.1. The van der Waals surface area contributed by atoms with Crippen molar-refractivity contribution in [2.45, 2.75) is 13.8 Å². The van der Waals surface area contributed by atoms with Crippen molar-refractivity contribution in [3.8, 4) is 6.07 Å². The summed E-state index contributed by atoms with van der Waals surface area (Å²) in [5, 5.41) is 13.1. The molecule has 1 heterocycles. The lowest BCUT2D eigenvalue weighted by Crippen LogP contribution is -2.30. The van der Waals surface area contributed by atoms with Crippen molar-refractivity contribution in [1.82, 2.24) is 4.98 Å². The molecule has 0 spiro atoms. The smallest absolute Gasteiger partial charge is 0.243 e. The fourth-order valence-corrected chi connectivity index (χ4v) is 3.02. The van der Waals surface area contributed by atoms with Crippen LogP contribution in [0.5, 0.6) is 0 Å². The van der Waals surface area contributed by atoms with Crippen LogP contribution < -0.4 is 10.2 Å². The van der Waals surface area contributed by atoms with Gasteiger partial charge in [-0.25, -0.2) is 4.98 Å². The molecule has 3 rings (SSSR count). The summed E-state index contributed by atoms with van der Waals surface area (Å²) in [6, 6.07) is 17.3. The number of pyridine rings is 1. The van der Waals surface area contributed by atoms with Crippen LogP contribution in [0, 0.1) is 25.2 Å². The van der Waals surface area contributed by atoms with Crippen molar-refractivity contribution in [1.29, 1.82) is 5.26 Å². The van der Waals surface area contributed by atoms with Gasteiger partial charge in [-0.15, -0.1) is 0 Å². The largest absolute Gasteiger partial charge is 0.365 e. The Morgan fingerprint density at radius 3 is 2.54 bits per heavy atom. The van der Waals surface area contributed by atoms with E-state index in [0.717, 1.165) is 33.4 Å². The van der Waals surface area contributed by atoms with Gasteiger partial charge < -0.3 is 10.2 Å². The molecule has 5 nitrogen and oxygen atoms in total. The van der Waals surface area contributed by atoms with E-state index in [1.165, 1.54) is 0 Å². The number of rotatable bonds is 4. The second-order valence-electron chi connectivity index (χ2n) is 6.33. The highest BCUT2D eigenvalue weighted by molar-refractivity contribution is 5.98. The average Bonchev–Trinajstić information content (AvgIpc) is 2.63. The highest BCUT2D eigenvalue weighted by Crippen LogP contribution is 2.26. The summed E-state index contributed by atoms with van der Waals surface area (Å²) in [6.45, 7) is 4.12. The molecular weight excluding hydrogens is 324 g/mol. The monoisotopic (exact) mass is 344 g/mol. The number of aromatic nitrogens is 1. The Hall–Kier alpha value is -3.39. The lowest BCUT2D eigenvalue weighted by atomic mass is 10.1. The standard InChI is InChI=1S/C21H20N4O/c1-14-7-6-8-15(2)21(14)24-20(26)13-25(3)19-11-16(12-22)23-18-10-5-4-9-17(18)19/h4-11H,13H2,1-3H3,(H,24,26). The van der Waals surface area contributed by atoms with Crippen LogP contribution in [0.25, 0.3) is 10.9 Å². The molecule has 0 atom stereocenters. The molecule has 0 aliphatic carbocycles. The zero-order chi connectivity index (χ0) is 18.7. The molecule has 5 heteroatoms. The van der Waals surface area contributed by atoms with Gasteiger partial charge in [0.2, 0.25) is 5.91 Å². The number of hydrogen-bond donors (Lipinski definition) is 1. The van der Waals surface area contributed by atoms with Crippen LogP contribution in [0.15, 0.2) is 48.5 Å². The number of likely N-dealkylation sites (N-methyl/N-ethyl adjacent to an activating group) is 1. The lowest BCUT2D eigenvalue weighted by Gasteiger charge is -2.21.